The van der Waals surface area contributed by atoms with Gasteiger partial charge in [0, 0.05) is 25.2 Å². The van der Waals surface area contributed by atoms with Crippen LogP contribution in [0.5, 0.6) is 0 Å². The van der Waals surface area contributed by atoms with Crippen molar-refractivity contribution in [2.24, 2.45) is 0 Å². The standard InChI is InChI=1S/C9H9F2NOS/c1-12(9(13)14)5-6-2-3-7(10)4-8(6)11/h2-4H,5H2,1H3,(H,13,14). The van der Waals surface area contributed by atoms with E-state index in [1.54, 1.807) is 0 Å². The molecule has 76 valence electrons. The lowest BCUT2D eigenvalue weighted by atomic mass is 10.2. The van der Waals surface area contributed by atoms with Crippen molar-refractivity contribution in [1.29, 1.82) is 0 Å². The van der Waals surface area contributed by atoms with Crippen LogP contribution in [0.4, 0.5) is 13.6 Å². The fourth-order valence-electron chi connectivity index (χ4n) is 0.973. The summed E-state index contributed by atoms with van der Waals surface area (Å²) < 4.78 is 25.6. The third-order valence-electron chi connectivity index (χ3n) is 1.75. The summed E-state index contributed by atoms with van der Waals surface area (Å²) in [7, 11) is 1.48. The van der Waals surface area contributed by atoms with E-state index in [4.69, 9.17) is 0 Å². The van der Waals surface area contributed by atoms with Crippen LogP contribution < -0.4 is 0 Å². The molecule has 14 heavy (non-hydrogen) atoms. The van der Waals surface area contributed by atoms with Gasteiger partial charge in [0.05, 0.1) is 0 Å². The number of carbonyl (C=O) groups excluding carboxylic acids is 1. The van der Waals surface area contributed by atoms with Gasteiger partial charge in [-0.2, -0.15) is 0 Å². The van der Waals surface area contributed by atoms with Crippen molar-refractivity contribution in [2.75, 3.05) is 7.05 Å². The molecule has 0 aliphatic rings. The summed E-state index contributed by atoms with van der Waals surface area (Å²) >= 11 is 3.57. The van der Waals surface area contributed by atoms with E-state index in [0.717, 1.165) is 12.1 Å². The van der Waals surface area contributed by atoms with Gasteiger partial charge >= 0.3 is 0 Å². The zero-order chi connectivity index (χ0) is 10.7. The van der Waals surface area contributed by atoms with Crippen LogP contribution in [0, 0.1) is 11.6 Å². The summed E-state index contributed by atoms with van der Waals surface area (Å²) in [5.74, 6) is -1.29. The van der Waals surface area contributed by atoms with Crippen LogP contribution in [0.15, 0.2) is 18.2 Å². The molecule has 0 fully saturated rings. The van der Waals surface area contributed by atoms with Gasteiger partial charge in [0.25, 0.3) is 5.24 Å². The van der Waals surface area contributed by atoms with Crippen LogP contribution in [0.1, 0.15) is 5.56 Å². The predicted octanol–water partition coefficient (Wildman–Crippen LogP) is 2.45. The van der Waals surface area contributed by atoms with Crippen LogP contribution >= 0.6 is 12.6 Å². The Kier molecular flexibility index (Phi) is 3.46. The molecule has 0 aliphatic carbocycles. The van der Waals surface area contributed by atoms with Gasteiger partial charge in [0.2, 0.25) is 0 Å². The lowest BCUT2D eigenvalue weighted by Gasteiger charge is -2.14. The number of hydrogen-bond acceptors (Lipinski definition) is 1. The highest BCUT2D eigenvalue weighted by molar-refractivity contribution is 7.96. The maximum Gasteiger partial charge on any atom is 0.278 e. The molecule has 1 aromatic rings. The molecule has 0 heterocycles. The number of carbonyl (C=O) groups is 1. The van der Waals surface area contributed by atoms with Gasteiger partial charge in [-0.05, 0) is 6.07 Å². The minimum absolute atomic E-state index is 0.0778. The van der Waals surface area contributed by atoms with Crippen LogP contribution in [-0.2, 0) is 6.54 Å². The molecule has 1 amide bonds. The largest absolute Gasteiger partial charge is 0.332 e. The van der Waals surface area contributed by atoms with E-state index in [1.165, 1.54) is 18.0 Å². The van der Waals surface area contributed by atoms with E-state index in [1.807, 2.05) is 0 Å². The fourth-order valence-corrected chi connectivity index (χ4v) is 1.04. The first-order chi connectivity index (χ1) is 6.50. The molecule has 5 heteroatoms. The molecule has 0 radical (unpaired) electrons. The molecular weight excluding hydrogens is 208 g/mol. The normalized spacial score (nSPS) is 10.0. The first kappa shape index (κ1) is 11.0. The first-order valence-corrected chi connectivity index (χ1v) is 4.33. The summed E-state index contributed by atoms with van der Waals surface area (Å²) in [6.07, 6.45) is 0. The number of thiol groups is 1. The summed E-state index contributed by atoms with van der Waals surface area (Å²) in [6, 6.07) is 3.24. The van der Waals surface area contributed by atoms with Gasteiger partial charge in [-0.1, -0.05) is 18.7 Å². The highest BCUT2D eigenvalue weighted by atomic mass is 32.1. The Morgan fingerprint density at radius 2 is 2.14 bits per heavy atom. The molecule has 0 saturated heterocycles. The zero-order valence-electron chi connectivity index (χ0n) is 7.50. The average molecular weight is 217 g/mol. The average Bonchev–Trinajstić information content (AvgIpc) is 2.09. The van der Waals surface area contributed by atoms with Gasteiger partial charge in [-0.25, -0.2) is 8.78 Å². The van der Waals surface area contributed by atoms with E-state index in [9.17, 15) is 13.6 Å². The van der Waals surface area contributed by atoms with Crippen molar-refractivity contribution in [2.45, 2.75) is 6.54 Å². The second-order valence-corrected chi connectivity index (χ2v) is 3.26. The Morgan fingerprint density at radius 3 is 2.64 bits per heavy atom. The Hall–Kier alpha value is -1.10. The molecule has 0 N–H and O–H groups in total. The van der Waals surface area contributed by atoms with Crippen LogP contribution in [0.3, 0.4) is 0 Å². The highest BCUT2D eigenvalue weighted by Gasteiger charge is 2.08. The monoisotopic (exact) mass is 217 g/mol. The smallest absolute Gasteiger partial charge is 0.278 e. The van der Waals surface area contributed by atoms with Gasteiger partial charge in [0.1, 0.15) is 11.6 Å². The van der Waals surface area contributed by atoms with Crippen molar-refractivity contribution < 1.29 is 13.6 Å². The van der Waals surface area contributed by atoms with Crippen molar-refractivity contribution >= 4 is 17.9 Å². The minimum atomic E-state index is -0.661. The SMILES string of the molecule is CN(Cc1ccc(F)cc1F)C(=O)S. The summed E-state index contributed by atoms with van der Waals surface area (Å²) in [6.45, 7) is 0.0778. The van der Waals surface area contributed by atoms with Crippen LogP contribution in [0.25, 0.3) is 0 Å². The Balaban J connectivity index is 2.82. The number of benzene rings is 1. The third kappa shape index (κ3) is 2.70. The molecule has 0 aromatic heterocycles. The minimum Gasteiger partial charge on any atom is -0.332 e. The van der Waals surface area contributed by atoms with E-state index in [2.05, 4.69) is 12.6 Å². The van der Waals surface area contributed by atoms with Crippen molar-refractivity contribution in [1.82, 2.24) is 4.90 Å². The second kappa shape index (κ2) is 4.41. The molecule has 0 bridgehead atoms. The molecule has 0 spiro atoms. The van der Waals surface area contributed by atoms with E-state index in [-0.39, 0.29) is 12.1 Å². The molecule has 0 atom stereocenters. The lowest BCUT2D eigenvalue weighted by molar-refractivity contribution is 0.231. The van der Waals surface area contributed by atoms with Crippen LogP contribution in [0.2, 0.25) is 0 Å². The Morgan fingerprint density at radius 1 is 1.50 bits per heavy atom. The summed E-state index contributed by atoms with van der Waals surface area (Å²) in [4.78, 5) is 11.9. The fraction of sp³-hybridized carbons (Fsp3) is 0.222. The number of nitrogens with zero attached hydrogens (tertiary/aromatic N) is 1. The van der Waals surface area contributed by atoms with Crippen molar-refractivity contribution in [3.63, 3.8) is 0 Å². The van der Waals surface area contributed by atoms with Gasteiger partial charge < -0.3 is 4.90 Å². The molecule has 0 aliphatic heterocycles. The van der Waals surface area contributed by atoms with Crippen LogP contribution in [-0.4, -0.2) is 17.2 Å². The molecule has 1 aromatic carbocycles. The van der Waals surface area contributed by atoms with Crippen molar-refractivity contribution in [3.05, 3.63) is 35.4 Å². The number of hydrogen-bond donors (Lipinski definition) is 1. The molecule has 0 unspecified atom stereocenters. The quantitative estimate of drug-likeness (QED) is 0.754. The van der Waals surface area contributed by atoms with E-state index >= 15 is 0 Å². The van der Waals surface area contributed by atoms with Gasteiger partial charge in [-0.15, -0.1) is 0 Å². The highest BCUT2D eigenvalue weighted by Crippen LogP contribution is 2.12. The summed E-state index contributed by atoms with van der Waals surface area (Å²) in [5.41, 5.74) is 0.260. The predicted molar refractivity (Wildman–Crippen MR) is 52.2 cm³/mol. The Bertz CT molecular complexity index is 357. The maximum atomic E-state index is 13.1. The lowest BCUT2D eigenvalue weighted by Crippen LogP contribution is -2.20. The number of amides is 1. The van der Waals surface area contributed by atoms with Gasteiger partial charge in [-0.3, -0.25) is 4.79 Å². The molecule has 0 saturated carbocycles. The van der Waals surface area contributed by atoms with E-state index in [0.29, 0.717) is 0 Å². The molecule has 1 rings (SSSR count). The maximum absolute atomic E-state index is 13.1. The third-order valence-corrected chi connectivity index (χ3v) is 2.09. The van der Waals surface area contributed by atoms with Gasteiger partial charge in [0.15, 0.2) is 0 Å². The Labute approximate surface area is 85.9 Å². The molecular formula is C9H9F2NOS. The van der Waals surface area contributed by atoms with Crippen molar-refractivity contribution in [3.8, 4) is 0 Å². The second-order valence-electron chi connectivity index (χ2n) is 2.87. The van der Waals surface area contributed by atoms with E-state index < -0.39 is 16.9 Å². The zero-order valence-corrected chi connectivity index (χ0v) is 8.39. The summed E-state index contributed by atoms with van der Waals surface area (Å²) in [5, 5.41) is -0.464. The molecule has 2 nitrogen and oxygen atoms in total. The number of rotatable bonds is 2. The topological polar surface area (TPSA) is 20.3 Å². The first-order valence-electron chi connectivity index (χ1n) is 3.88. The number of halogens is 2.